The molecule has 0 bridgehead atoms. The number of imidazole rings is 1. The van der Waals surface area contributed by atoms with E-state index in [4.69, 9.17) is 0 Å². The molecule has 0 aliphatic rings. The molecule has 0 aliphatic carbocycles. The first-order valence-electron chi connectivity index (χ1n) is 6.57. The summed E-state index contributed by atoms with van der Waals surface area (Å²) in [4.78, 5) is 4.36. The lowest BCUT2D eigenvalue weighted by Crippen LogP contribution is -2.19. The fourth-order valence-corrected chi connectivity index (χ4v) is 2.25. The second kappa shape index (κ2) is 5.83. The summed E-state index contributed by atoms with van der Waals surface area (Å²) in [6, 6.07) is 9.14. The summed E-state index contributed by atoms with van der Waals surface area (Å²) >= 11 is 0. The highest BCUT2D eigenvalue weighted by molar-refractivity contribution is 5.56. The molecule has 18 heavy (non-hydrogen) atoms. The molecule has 96 valence electrons. The van der Waals surface area contributed by atoms with Crippen molar-refractivity contribution in [2.75, 3.05) is 6.54 Å². The Hall–Kier alpha value is -1.61. The second-order valence-corrected chi connectivity index (χ2v) is 4.50. The van der Waals surface area contributed by atoms with Crippen LogP contribution in [0.1, 0.15) is 31.9 Å². The Kier molecular flexibility index (Phi) is 4.15. The zero-order valence-electron chi connectivity index (χ0n) is 11.4. The van der Waals surface area contributed by atoms with Crippen molar-refractivity contribution in [3.63, 3.8) is 0 Å². The lowest BCUT2D eigenvalue weighted by molar-refractivity contribution is 0.537. The van der Waals surface area contributed by atoms with Crippen LogP contribution in [0.2, 0.25) is 0 Å². The Labute approximate surface area is 109 Å². The van der Waals surface area contributed by atoms with E-state index in [9.17, 15) is 0 Å². The molecule has 0 saturated heterocycles. The molecule has 3 heteroatoms. The summed E-state index contributed by atoms with van der Waals surface area (Å²) in [6.45, 7) is 5.35. The van der Waals surface area contributed by atoms with Gasteiger partial charge in [-0.25, -0.2) is 4.98 Å². The van der Waals surface area contributed by atoms with Gasteiger partial charge in [-0.2, -0.15) is 0 Å². The minimum atomic E-state index is 0.449. The van der Waals surface area contributed by atoms with E-state index in [1.165, 1.54) is 5.56 Å². The van der Waals surface area contributed by atoms with E-state index in [1.54, 1.807) is 0 Å². The minimum absolute atomic E-state index is 0.449. The zero-order chi connectivity index (χ0) is 13.0. The molecule has 2 aromatic rings. The number of nitrogens with one attached hydrogen (secondary N) is 1. The van der Waals surface area contributed by atoms with Crippen LogP contribution in [-0.4, -0.2) is 16.1 Å². The van der Waals surface area contributed by atoms with Crippen molar-refractivity contribution in [2.45, 2.75) is 26.3 Å². The molecule has 1 unspecified atom stereocenters. The molecule has 0 spiro atoms. The van der Waals surface area contributed by atoms with E-state index in [-0.39, 0.29) is 0 Å². The third kappa shape index (κ3) is 2.62. The van der Waals surface area contributed by atoms with Crippen molar-refractivity contribution in [1.29, 1.82) is 0 Å². The van der Waals surface area contributed by atoms with Crippen molar-refractivity contribution in [3.05, 3.63) is 42.2 Å². The average molecular weight is 243 g/mol. The predicted octanol–water partition coefficient (Wildman–Crippen LogP) is 3.15. The van der Waals surface area contributed by atoms with Crippen LogP contribution >= 0.6 is 0 Å². The molecule has 0 fully saturated rings. The van der Waals surface area contributed by atoms with Crippen molar-refractivity contribution in [1.82, 2.24) is 14.9 Å². The van der Waals surface area contributed by atoms with Gasteiger partial charge in [0.05, 0.1) is 0 Å². The number of hydrogen-bond donors (Lipinski definition) is 1. The van der Waals surface area contributed by atoms with E-state index < -0.39 is 0 Å². The summed E-state index contributed by atoms with van der Waals surface area (Å²) in [7, 11) is 2.02. The highest BCUT2D eigenvalue weighted by Crippen LogP contribution is 2.21. The lowest BCUT2D eigenvalue weighted by atomic mass is 10.0. The van der Waals surface area contributed by atoms with Crippen LogP contribution in [0, 0.1) is 0 Å². The quantitative estimate of drug-likeness (QED) is 0.874. The Morgan fingerprint density at radius 2 is 1.94 bits per heavy atom. The van der Waals surface area contributed by atoms with Crippen LogP contribution in [0.5, 0.6) is 0 Å². The lowest BCUT2D eigenvalue weighted by Gasteiger charge is -2.16. The first-order valence-corrected chi connectivity index (χ1v) is 6.57. The van der Waals surface area contributed by atoms with Crippen LogP contribution in [0.25, 0.3) is 11.4 Å². The normalized spacial score (nSPS) is 12.6. The zero-order valence-corrected chi connectivity index (χ0v) is 11.4. The molecule has 0 amide bonds. The van der Waals surface area contributed by atoms with Gasteiger partial charge in [0.1, 0.15) is 5.82 Å². The number of nitrogens with zero attached hydrogens (tertiary/aromatic N) is 2. The maximum Gasteiger partial charge on any atom is 0.139 e. The number of hydrogen-bond acceptors (Lipinski definition) is 2. The molecule has 1 heterocycles. The highest BCUT2D eigenvalue weighted by atomic mass is 15.0. The van der Waals surface area contributed by atoms with Gasteiger partial charge in [0.15, 0.2) is 0 Å². The molecule has 3 nitrogen and oxygen atoms in total. The third-order valence-corrected chi connectivity index (χ3v) is 3.25. The fourth-order valence-electron chi connectivity index (χ4n) is 2.25. The Bertz CT molecular complexity index is 485. The SMILES string of the molecule is CCNC(CC)c1ccc(-c2nccn2C)cc1. The van der Waals surface area contributed by atoms with Crippen molar-refractivity contribution in [2.24, 2.45) is 7.05 Å². The summed E-state index contributed by atoms with van der Waals surface area (Å²) in [5.74, 6) is 1.01. The van der Waals surface area contributed by atoms with Gasteiger partial charge in [-0.15, -0.1) is 0 Å². The van der Waals surface area contributed by atoms with Crippen LogP contribution < -0.4 is 5.32 Å². The van der Waals surface area contributed by atoms with Gasteiger partial charge >= 0.3 is 0 Å². The van der Waals surface area contributed by atoms with Crippen molar-refractivity contribution >= 4 is 0 Å². The largest absolute Gasteiger partial charge is 0.334 e. The van der Waals surface area contributed by atoms with Crippen LogP contribution in [0.3, 0.4) is 0 Å². The molecule has 1 aromatic heterocycles. The van der Waals surface area contributed by atoms with Crippen molar-refractivity contribution < 1.29 is 0 Å². The van der Waals surface area contributed by atoms with Gasteiger partial charge in [-0.05, 0) is 18.5 Å². The second-order valence-electron chi connectivity index (χ2n) is 4.50. The van der Waals surface area contributed by atoms with Crippen LogP contribution in [0.4, 0.5) is 0 Å². The highest BCUT2D eigenvalue weighted by Gasteiger charge is 2.08. The molecule has 1 aromatic carbocycles. The third-order valence-electron chi connectivity index (χ3n) is 3.25. The number of benzene rings is 1. The molecular weight excluding hydrogens is 222 g/mol. The van der Waals surface area contributed by atoms with Gasteiger partial charge in [0.25, 0.3) is 0 Å². The Balaban J connectivity index is 2.22. The smallest absolute Gasteiger partial charge is 0.139 e. The standard InChI is InChI=1S/C15H21N3/c1-4-14(16-5-2)12-6-8-13(9-7-12)15-17-10-11-18(15)3/h6-11,14,16H,4-5H2,1-3H3. The van der Waals surface area contributed by atoms with Gasteiger partial charge in [0, 0.05) is 31.0 Å². The summed E-state index contributed by atoms with van der Waals surface area (Å²) in [5, 5.41) is 3.49. The molecular formula is C15H21N3. The Morgan fingerprint density at radius 3 is 2.44 bits per heavy atom. The monoisotopic (exact) mass is 243 g/mol. The molecule has 0 radical (unpaired) electrons. The van der Waals surface area contributed by atoms with E-state index >= 15 is 0 Å². The number of rotatable bonds is 5. The fraction of sp³-hybridized carbons (Fsp3) is 0.400. The van der Waals surface area contributed by atoms with E-state index in [1.807, 2.05) is 24.0 Å². The first kappa shape index (κ1) is 12.8. The molecule has 0 aliphatic heterocycles. The minimum Gasteiger partial charge on any atom is -0.334 e. The first-order chi connectivity index (χ1) is 8.76. The summed E-state index contributed by atoms with van der Waals surface area (Å²) < 4.78 is 2.04. The summed E-state index contributed by atoms with van der Waals surface area (Å²) in [5.41, 5.74) is 2.51. The van der Waals surface area contributed by atoms with Crippen LogP contribution in [-0.2, 0) is 7.05 Å². The van der Waals surface area contributed by atoms with E-state index in [0.717, 1.165) is 24.4 Å². The van der Waals surface area contributed by atoms with Gasteiger partial charge < -0.3 is 9.88 Å². The molecule has 2 rings (SSSR count). The Morgan fingerprint density at radius 1 is 1.22 bits per heavy atom. The maximum absolute atomic E-state index is 4.36. The van der Waals surface area contributed by atoms with Gasteiger partial charge in [-0.3, -0.25) is 0 Å². The predicted molar refractivity (Wildman–Crippen MR) is 75.4 cm³/mol. The van der Waals surface area contributed by atoms with Gasteiger partial charge in [0.2, 0.25) is 0 Å². The topological polar surface area (TPSA) is 29.9 Å². The molecule has 0 saturated carbocycles. The summed E-state index contributed by atoms with van der Waals surface area (Å²) in [6.07, 6.45) is 4.91. The van der Waals surface area contributed by atoms with Crippen LogP contribution in [0.15, 0.2) is 36.7 Å². The number of aromatic nitrogens is 2. The molecule has 1 N–H and O–H groups in total. The van der Waals surface area contributed by atoms with Gasteiger partial charge in [-0.1, -0.05) is 38.1 Å². The maximum atomic E-state index is 4.36. The number of aryl methyl sites for hydroxylation is 1. The van der Waals surface area contributed by atoms with E-state index in [2.05, 4.69) is 48.4 Å². The van der Waals surface area contributed by atoms with E-state index in [0.29, 0.717) is 6.04 Å². The average Bonchev–Trinajstić information content (AvgIpc) is 2.82. The van der Waals surface area contributed by atoms with Crippen molar-refractivity contribution in [3.8, 4) is 11.4 Å². The molecule has 1 atom stereocenters.